The molecule has 0 aliphatic rings. The van der Waals surface area contributed by atoms with Gasteiger partial charge in [-0.25, -0.2) is 8.42 Å². The van der Waals surface area contributed by atoms with Crippen LogP contribution < -0.4 is 10.0 Å². The van der Waals surface area contributed by atoms with Crippen molar-refractivity contribution in [3.05, 3.63) is 30.3 Å². The average molecular weight is 327 g/mol. The Morgan fingerprint density at radius 1 is 1.18 bits per heavy atom. The first kappa shape index (κ1) is 18.6. The molecule has 22 heavy (non-hydrogen) atoms. The Balaban J connectivity index is 2.51. The first-order valence-electron chi connectivity index (χ1n) is 7.48. The van der Waals surface area contributed by atoms with Crippen LogP contribution in [-0.4, -0.2) is 51.4 Å². The Bertz CT molecular complexity index is 557. The van der Waals surface area contributed by atoms with E-state index in [0.29, 0.717) is 6.54 Å². The van der Waals surface area contributed by atoms with E-state index in [2.05, 4.69) is 28.8 Å². The fraction of sp³-hybridized carbons (Fsp3) is 0.533. The highest BCUT2D eigenvalue weighted by Crippen LogP contribution is 2.07. The number of sulfonamides is 1. The van der Waals surface area contributed by atoms with Gasteiger partial charge < -0.3 is 10.2 Å². The summed E-state index contributed by atoms with van der Waals surface area (Å²) in [5.74, 6) is -0.327. The van der Waals surface area contributed by atoms with E-state index in [1.54, 1.807) is 18.2 Å². The maximum Gasteiger partial charge on any atom is 0.241 e. The van der Waals surface area contributed by atoms with Crippen LogP contribution in [0.2, 0.25) is 0 Å². The first-order valence-corrected chi connectivity index (χ1v) is 8.96. The van der Waals surface area contributed by atoms with E-state index in [1.807, 2.05) is 0 Å². The third-order valence-electron chi connectivity index (χ3n) is 3.40. The molecule has 2 N–H and O–H groups in total. The summed E-state index contributed by atoms with van der Waals surface area (Å²) in [7, 11) is -3.68. The van der Waals surface area contributed by atoms with Crippen molar-refractivity contribution in [1.29, 1.82) is 0 Å². The summed E-state index contributed by atoms with van der Waals surface area (Å²) in [4.78, 5) is 14.3. The van der Waals surface area contributed by atoms with Crippen molar-refractivity contribution in [2.75, 3.05) is 26.2 Å². The van der Waals surface area contributed by atoms with Crippen LogP contribution in [0, 0.1) is 0 Å². The molecule has 1 aromatic rings. The molecule has 0 aliphatic carbocycles. The average Bonchev–Trinajstić information content (AvgIpc) is 2.51. The maximum absolute atomic E-state index is 12.1. The molecular weight excluding hydrogens is 302 g/mol. The van der Waals surface area contributed by atoms with Gasteiger partial charge in [0.05, 0.1) is 10.9 Å². The zero-order valence-electron chi connectivity index (χ0n) is 13.4. The molecule has 0 aliphatic heterocycles. The zero-order valence-corrected chi connectivity index (χ0v) is 14.2. The van der Waals surface area contributed by atoms with Gasteiger partial charge in [-0.05, 0) is 32.1 Å². The monoisotopic (exact) mass is 327 g/mol. The summed E-state index contributed by atoms with van der Waals surface area (Å²) in [5.41, 5.74) is 0. The maximum atomic E-state index is 12.1. The Kier molecular flexibility index (Phi) is 7.50. The summed E-state index contributed by atoms with van der Waals surface area (Å²) >= 11 is 0. The van der Waals surface area contributed by atoms with Gasteiger partial charge in [0.25, 0.3) is 0 Å². The number of rotatable bonds is 9. The number of carbonyl (C=O) groups is 1. The van der Waals surface area contributed by atoms with Crippen LogP contribution in [0.3, 0.4) is 0 Å². The summed E-state index contributed by atoms with van der Waals surface area (Å²) in [6, 6.07) is 7.19. The Labute approximate surface area is 132 Å². The fourth-order valence-corrected chi connectivity index (χ4v) is 3.21. The smallest absolute Gasteiger partial charge is 0.241 e. The van der Waals surface area contributed by atoms with Crippen molar-refractivity contribution in [3.63, 3.8) is 0 Å². The molecule has 0 heterocycles. The molecule has 1 rings (SSSR count). The standard InChI is InChI=1S/C15H25N3O3S/c1-4-18(5-2)12-11-16-15(19)13(3)17-22(20,21)14-9-7-6-8-10-14/h6-10,13,17H,4-5,11-12H2,1-3H3,(H,16,19)/t13-/m0/s1. The molecule has 0 spiro atoms. The lowest BCUT2D eigenvalue weighted by Crippen LogP contribution is -2.46. The summed E-state index contributed by atoms with van der Waals surface area (Å²) in [6.07, 6.45) is 0. The van der Waals surface area contributed by atoms with Crippen molar-refractivity contribution in [2.24, 2.45) is 0 Å². The SMILES string of the molecule is CCN(CC)CCNC(=O)[C@H](C)NS(=O)(=O)c1ccccc1. The molecule has 1 amide bonds. The highest BCUT2D eigenvalue weighted by Gasteiger charge is 2.21. The molecule has 6 nitrogen and oxygen atoms in total. The van der Waals surface area contributed by atoms with Crippen molar-refractivity contribution in [2.45, 2.75) is 31.7 Å². The van der Waals surface area contributed by atoms with E-state index < -0.39 is 16.1 Å². The van der Waals surface area contributed by atoms with Crippen molar-refractivity contribution < 1.29 is 13.2 Å². The van der Waals surface area contributed by atoms with Gasteiger partial charge in [-0.15, -0.1) is 0 Å². The second-order valence-electron chi connectivity index (χ2n) is 4.97. The molecule has 0 bridgehead atoms. The molecule has 124 valence electrons. The van der Waals surface area contributed by atoms with Crippen LogP contribution in [0.1, 0.15) is 20.8 Å². The van der Waals surface area contributed by atoms with Crippen LogP contribution >= 0.6 is 0 Å². The lowest BCUT2D eigenvalue weighted by Gasteiger charge is -2.19. The third-order valence-corrected chi connectivity index (χ3v) is 4.96. The molecule has 0 saturated heterocycles. The van der Waals surface area contributed by atoms with Crippen LogP contribution in [0.5, 0.6) is 0 Å². The van der Waals surface area contributed by atoms with Gasteiger partial charge in [-0.1, -0.05) is 32.0 Å². The number of hydrogen-bond acceptors (Lipinski definition) is 4. The summed E-state index contributed by atoms with van der Waals surface area (Å²) in [5, 5.41) is 2.75. The Morgan fingerprint density at radius 2 is 1.77 bits per heavy atom. The minimum absolute atomic E-state index is 0.151. The van der Waals surface area contributed by atoms with Gasteiger partial charge in [0.1, 0.15) is 0 Å². The number of nitrogens with zero attached hydrogens (tertiary/aromatic N) is 1. The minimum Gasteiger partial charge on any atom is -0.353 e. The highest BCUT2D eigenvalue weighted by atomic mass is 32.2. The quantitative estimate of drug-likeness (QED) is 0.703. The second-order valence-corrected chi connectivity index (χ2v) is 6.69. The lowest BCUT2D eigenvalue weighted by atomic mass is 10.3. The number of nitrogens with one attached hydrogen (secondary N) is 2. The Morgan fingerprint density at radius 3 is 2.32 bits per heavy atom. The van der Waals surface area contributed by atoms with Crippen LogP contribution in [0.25, 0.3) is 0 Å². The van der Waals surface area contributed by atoms with E-state index >= 15 is 0 Å². The lowest BCUT2D eigenvalue weighted by molar-refractivity contribution is -0.122. The van der Waals surface area contributed by atoms with Crippen LogP contribution in [0.15, 0.2) is 35.2 Å². The molecule has 0 fully saturated rings. The first-order chi connectivity index (χ1) is 10.4. The van der Waals surface area contributed by atoms with E-state index in [-0.39, 0.29) is 10.8 Å². The second kappa shape index (κ2) is 8.87. The number of likely N-dealkylation sites (N-methyl/N-ethyl adjacent to an activating group) is 1. The third kappa shape index (κ3) is 5.75. The zero-order chi connectivity index (χ0) is 16.6. The number of hydrogen-bond donors (Lipinski definition) is 2. The van der Waals surface area contributed by atoms with Gasteiger partial charge >= 0.3 is 0 Å². The number of benzene rings is 1. The van der Waals surface area contributed by atoms with E-state index in [0.717, 1.165) is 19.6 Å². The fourth-order valence-electron chi connectivity index (χ4n) is 1.98. The van der Waals surface area contributed by atoms with Gasteiger partial charge in [0, 0.05) is 13.1 Å². The predicted molar refractivity (Wildman–Crippen MR) is 87.0 cm³/mol. The van der Waals surface area contributed by atoms with E-state index in [9.17, 15) is 13.2 Å². The van der Waals surface area contributed by atoms with Crippen LogP contribution in [0.4, 0.5) is 0 Å². The number of carbonyl (C=O) groups excluding carboxylic acids is 1. The van der Waals surface area contributed by atoms with Gasteiger partial charge in [-0.3, -0.25) is 4.79 Å². The molecule has 1 atom stereocenters. The minimum atomic E-state index is -3.68. The predicted octanol–water partition coefficient (Wildman–Crippen LogP) is 0.811. The number of amides is 1. The summed E-state index contributed by atoms with van der Waals surface area (Å²) in [6.45, 7) is 8.73. The molecule has 1 aromatic carbocycles. The van der Waals surface area contributed by atoms with E-state index in [1.165, 1.54) is 19.1 Å². The molecule has 7 heteroatoms. The van der Waals surface area contributed by atoms with Crippen molar-refractivity contribution in [1.82, 2.24) is 14.9 Å². The molecule has 0 saturated carbocycles. The summed E-state index contributed by atoms with van der Waals surface area (Å²) < 4.78 is 26.6. The van der Waals surface area contributed by atoms with E-state index in [4.69, 9.17) is 0 Å². The van der Waals surface area contributed by atoms with Crippen LogP contribution in [-0.2, 0) is 14.8 Å². The van der Waals surface area contributed by atoms with Gasteiger partial charge in [0.15, 0.2) is 0 Å². The molecular formula is C15H25N3O3S. The molecule has 0 radical (unpaired) electrons. The topological polar surface area (TPSA) is 78.5 Å². The highest BCUT2D eigenvalue weighted by molar-refractivity contribution is 7.89. The molecule has 0 aromatic heterocycles. The normalized spacial score (nSPS) is 13.1. The van der Waals surface area contributed by atoms with Gasteiger partial charge in [0.2, 0.25) is 15.9 Å². The van der Waals surface area contributed by atoms with Crippen molar-refractivity contribution in [3.8, 4) is 0 Å². The Hall–Kier alpha value is -1.44. The van der Waals surface area contributed by atoms with Crippen molar-refractivity contribution >= 4 is 15.9 Å². The largest absolute Gasteiger partial charge is 0.353 e. The van der Waals surface area contributed by atoms with Gasteiger partial charge in [-0.2, -0.15) is 4.72 Å². The molecule has 0 unspecified atom stereocenters.